The first-order valence-electron chi connectivity index (χ1n) is 6.97. The maximum atomic E-state index is 12.7. The SMILES string of the molecule is NC(=O)COc1ccc(S(=O)(=O)N2CCn3cncc3C2)cc1. The van der Waals surface area contributed by atoms with Gasteiger partial charge in [-0.05, 0) is 24.3 Å². The van der Waals surface area contributed by atoms with E-state index < -0.39 is 15.9 Å². The number of hydrogen-bond donors (Lipinski definition) is 1. The summed E-state index contributed by atoms with van der Waals surface area (Å²) in [6, 6.07) is 5.92. The van der Waals surface area contributed by atoms with E-state index in [1.807, 2.05) is 4.57 Å². The van der Waals surface area contributed by atoms with Crippen molar-refractivity contribution in [2.75, 3.05) is 13.2 Å². The van der Waals surface area contributed by atoms with Gasteiger partial charge in [0.15, 0.2) is 6.61 Å². The van der Waals surface area contributed by atoms with Gasteiger partial charge in [-0.1, -0.05) is 0 Å². The highest BCUT2D eigenvalue weighted by molar-refractivity contribution is 7.89. The molecule has 1 amide bonds. The first-order valence-corrected chi connectivity index (χ1v) is 8.41. The molecule has 0 aliphatic carbocycles. The van der Waals surface area contributed by atoms with Crippen LogP contribution in [0.1, 0.15) is 5.69 Å². The van der Waals surface area contributed by atoms with Gasteiger partial charge >= 0.3 is 0 Å². The molecule has 2 aromatic rings. The highest BCUT2D eigenvalue weighted by Crippen LogP contribution is 2.23. The molecule has 0 saturated carbocycles. The second kappa shape index (κ2) is 6.01. The average Bonchev–Trinajstić information content (AvgIpc) is 3.01. The number of benzene rings is 1. The molecular weight excluding hydrogens is 320 g/mol. The molecule has 1 aliphatic rings. The van der Waals surface area contributed by atoms with Crippen LogP contribution in [0.3, 0.4) is 0 Å². The fraction of sp³-hybridized carbons (Fsp3) is 0.286. The van der Waals surface area contributed by atoms with Crippen LogP contribution < -0.4 is 10.5 Å². The van der Waals surface area contributed by atoms with Crippen LogP contribution in [-0.2, 0) is 27.9 Å². The first-order chi connectivity index (χ1) is 11.0. The van der Waals surface area contributed by atoms with Gasteiger partial charge < -0.3 is 15.0 Å². The van der Waals surface area contributed by atoms with Crippen LogP contribution in [0.5, 0.6) is 5.75 Å². The Balaban J connectivity index is 1.76. The summed E-state index contributed by atoms with van der Waals surface area (Å²) in [6.45, 7) is 1.02. The normalized spacial score (nSPS) is 15.1. The number of sulfonamides is 1. The molecule has 0 spiro atoms. The summed E-state index contributed by atoms with van der Waals surface area (Å²) in [6.07, 6.45) is 3.37. The molecule has 0 bridgehead atoms. The Kier molecular flexibility index (Phi) is 4.05. The highest BCUT2D eigenvalue weighted by Gasteiger charge is 2.28. The molecule has 122 valence electrons. The van der Waals surface area contributed by atoms with Gasteiger partial charge in [-0.3, -0.25) is 4.79 Å². The number of nitrogens with zero attached hydrogens (tertiary/aromatic N) is 3. The third kappa shape index (κ3) is 3.20. The Labute approximate surface area is 133 Å². The standard InChI is InChI=1S/C14H16N4O4S/c15-14(19)9-22-12-1-3-13(4-2-12)23(20,21)18-6-5-17-10-16-7-11(17)8-18/h1-4,7,10H,5-6,8-9H2,(H2,15,19). The second-order valence-electron chi connectivity index (χ2n) is 5.14. The first kappa shape index (κ1) is 15.5. The van der Waals surface area contributed by atoms with Gasteiger partial charge in [0, 0.05) is 19.3 Å². The van der Waals surface area contributed by atoms with Crippen LogP contribution >= 0.6 is 0 Å². The van der Waals surface area contributed by atoms with E-state index in [0.29, 0.717) is 25.4 Å². The number of hydrogen-bond acceptors (Lipinski definition) is 5. The van der Waals surface area contributed by atoms with Gasteiger partial charge in [0.05, 0.1) is 23.5 Å². The van der Waals surface area contributed by atoms with Gasteiger partial charge in [0.25, 0.3) is 5.91 Å². The second-order valence-corrected chi connectivity index (χ2v) is 7.08. The van der Waals surface area contributed by atoms with Crippen molar-refractivity contribution in [3.63, 3.8) is 0 Å². The number of carbonyl (C=O) groups excluding carboxylic acids is 1. The molecule has 2 N–H and O–H groups in total. The van der Waals surface area contributed by atoms with Crippen molar-refractivity contribution < 1.29 is 17.9 Å². The van der Waals surface area contributed by atoms with Crippen LogP contribution in [0.25, 0.3) is 0 Å². The van der Waals surface area contributed by atoms with E-state index in [0.717, 1.165) is 5.69 Å². The molecule has 0 atom stereocenters. The third-order valence-corrected chi connectivity index (χ3v) is 5.43. The number of primary amides is 1. The summed E-state index contributed by atoms with van der Waals surface area (Å²) in [7, 11) is -3.59. The molecule has 3 rings (SSSR count). The van der Waals surface area contributed by atoms with Crippen molar-refractivity contribution >= 4 is 15.9 Å². The monoisotopic (exact) mass is 336 g/mol. The predicted molar refractivity (Wildman–Crippen MR) is 81.0 cm³/mol. The lowest BCUT2D eigenvalue weighted by Gasteiger charge is -2.27. The van der Waals surface area contributed by atoms with Crippen molar-refractivity contribution in [3.8, 4) is 5.75 Å². The molecule has 0 fully saturated rings. The topological polar surface area (TPSA) is 108 Å². The maximum Gasteiger partial charge on any atom is 0.255 e. The van der Waals surface area contributed by atoms with Crippen LogP contribution in [0, 0.1) is 0 Å². The van der Waals surface area contributed by atoms with E-state index in [4.69, 9.17) is 10.5 Å². The minimum absolute atomic E-state index is 0.178. The number of nitrogens with two attached hydrogens (primary N) is 1. The molecule has 0 radical (unpaired) electrons. The molecule has 0 saturated heterocycles. The van der Waals surface area contributed by atoms with E-state index in [9.17, 15) is 13.2 Å². The molecule has 1 aliphatic heterocycles. The predicted octanol–water partition coefficient (Wildman–Crippen LogP) is -0.0483. The third-order valence-electron chi connectivity index (χ3n) is 3.57. The summed E-state index contributed by atoms with van der Waals surface area (Å²) < 4.78 is 33.8. The zero-order valence-corrected chi connectivity index (χ0v) is 13.1. The number of amides is 1. The average molecular weight is 336 g/mol. The summed E-state index contributed by atoms with van der Waals surface area (Å²) in [5.41, 5.74) is 5.86. The quantitative estimate of drug-likeness (QED) is 0.824. The fourth-order valence-corrected chi connectivity index (χ4v) is 3.78. The zero-order valence-electron chi connectivity index (χ0n) is 12.3. The lowest BCUT2D eigenvalue weighted by atomic mass is 10.3. The maximum absolute atomic E-state index is 12.7. The molecule has 23 heavy (non-hydrogen) atoms. The van der Waals surface area contributed by atoms with E-state index in [1.54, 1.807) is 12.5 Å². The van der Waals surface area contributed by atoms with Crippen molar-refractivity contribution in [3.05, 3.63) is 42.5 Å². The molecular formula is C14H16N4O4S. The lowest BCUT2D eigenvalue weighted by molar-refractivity contribution is -0.119. The molecule has 1 aromatic carbocycles. The van der Waals surface area contributed by atoms with Crippen LogP contribution in [0.15, 0.2) is 41.7 Å². The van der Waals surface area contributed by atoms with Crippen LogP contribution in [-0.4, -0.2) is 41.3 Å². The number of imidazole rings is 1. The van der Waals surface area contributed by atoms with Gasteiger partial charge in [-0.25, -0.2) is 13.4 Å². The Bertz CT molecular complexity index is 814. The largest absolute Gasteiger partial charge is 0.484 e. The number of aromatic nitrogens is 2. The summed E-state index contributed by atoms with van der Waals surface area (Å²) in [5, 5.41) is 0. The molecule has 9 heteroatoms. The Morgan fingerprint density at radius 3 is 2.70 bits per heavy atom. The Morgan fingerprint density at radius 1 is 1.26 bits per heavy atom. The molecule has 8 nitrogen and oxygen atoms in total. The van der Waals surface area contributed by atoms with Gasteiger partial charge in [-0.15, -0.1) is 0 Å². The molecule has 2 heterocycles. The Morgan fingerprint density at radius 2 is 2.00 bits per heavy atom. The van der Waals surface area contributed by atoms with E-state index in [2.05, 4.69) is 4.98 Å². The fourth-order valence-electron chi connectivity index (χ4n) is 2.38. The summed E-state index contributed by atoms with van der Waals surface area (Å²) in [5.74, 6) is -0.203. The Hall–Kier alpha value is -2.39. The number of ether oxygens (including phenoxy) is 1. The molecule has 0 unspecified atom stereocenters. The van der Waals surface area contributed by atoms with Gasteiger partial charge in [-0.2, -0.15) is 4.31 Å². The van der Waals surface area contributed by atoms with E-state index in [1.165, 1.54) is 28.6 Å². The van der Waals surface area contributed by atoms with Crippen LogP contribution in [0.2, 0.25) is 0 Å². The zero-order chi connectivity index (χ0) is 16.4. The van der Waals surface area contributed by atoms with E-state index in [-0.39, 0.29) is 11.5 Å². The van der Waals surface area contributed by atoms with Crippen LogP contribution in [0.4, 0.5) is 0 Å². The number of rotatable bonds is 5. The highest BCUT2D eigenvalue weighted by atomic mass is 32.2. The van der Waals surface area contributed by atoms with Crippen molar-refractivity contribution in [2.24, 2.45) is 5.73 Å². The number of carbonyl (C=O) groups is 1. The van der Waals surface area contributed by atoms with Gasteiger partial charge in [0.1, 0.15) is 5.75 Å². The number of fused-ring (bicyclic) bond motifs is 1. The minimum atomic E-state index is -3.59. The smallest absolute Gasteiger partial charge is 0.255 e. The molecule has 1 aromatic heterocycles. The summed E-state index contributed by atoms with van der Waals surface area (Å²) >= 11 is 0. The summed E-state index contributed by atoms with van der Waals surface area (Å²) in [4.78, 5) is 14.9. The lowest BCUT2D eigenvalue weighted by Crippen LogP contribution is -2.37. The van der Waals surface area contributed by atoms with Crippen molar-refractivity contribution in [1.29, 1.82) is 0 Å². The minimum Gasteiger partial charge on any atom is -0.484 e. The van der Waals surface area contributed by atoms with Gasteiger partial charge in [0.2, 0.25) is 10.0 Å². The van der Waals surface area contributed by atoms with Crippen molar-refractivity contribution in [2.45, 2.75) is 18.0 Å². The van der Waals surface area contributed by atoms with E-state index >= 15 is 0 Å². The van der Waals surface area contributed by atoms with Crippen molar-refractivity contribution in [1.82, 2.24) is 13.9 Å².